The predicted octanol–water partition coefficient (Wildman–Crippen LogP) is 7.41. The molecule has 0 saturated heterocycles. The highest BCUT2D eigenvalue weighted by Crippen LogP contribution is 2.42. The maximum atomic E-state index is 13.3. The summed E-state index contributed by atoms with van der Waals surface area (Å²) in [5.41, 5.74) is 4.76. The molecule has 2 nitrogen and oxygen atoms in total. The Kier molecular flexibility index (Phi) is 6.52. The quantitative estimate of drug-likeness (QED) is 0.455. The molecule has 1 aromatic rings. The van der Waals surface area contributed by atoms with Gasteiger partial charge in [0.1, 0.15) is 0 Å². The second kappa shape index (κ2) is 7.94. The van der Waals surface area contributed by atoms with E-state index in [1.54, 1.807) is 0 Å². The van der Waals surface area contributed by atoms with Crippen LogP contribution < -0.4 is 0 Å². The van der Waals surface area contributed by atoms with E-state index in [9.17, 15) is 4.79 Å². The summed E-state index contributed by atoms with van der Waals surface area (Å²) in [6.07, 6.45) is 5.23. The molecule has 2 rings (SSSR count). The summed E-state index contributed by atoms with van der Waals surface area (Å²) in [7, 11) is 0. The molecule has 1 aliphatic carbocycles. The Balaban J connectivity index is 2.63. The van der Waals surface area contributed by atoms with Gasteiger partial charge >= 0.3 is 0 Å². The van der Waals surface area contributed by atoms with Gasteiger partial charge in [-0.25, -0.2) is 0 Å². The van der Waals surface area contributed by atoms with Crippen LogP contribution in [0.5, 0.6) is 5.75 Å². The van der Waals surface area contributed by atoms with Crippen molar-refractivity contribution in [1.82, 2.24) is 0 Å². The number of hydrogen-bond donors (Lipinski definition) is 0. The Labute approximate surface area is 190 Å². The van der Waals surface area contributed by atoms with E-state index in [1.807, 2.05) is 0 Å². The summed E-state index contributed by atoms with van der Waals surface area (Å²) in [6, 6.07) is 4.45. The molecule has 0 atom stereocenters. The van der Waals surface area contributed by atoms with Gasteiger partial charge in [-0.3, -0.25) is 4.79 Å². The van der Waals surface area contributed by atoms with E-state index in [0.717, 1.165) is 28.7 Å². The van der Waals surface area contributed by atoms with E-state index in [4.69, 9.17) is 5.11 Å². The molecule has 2 heteroatoms. The van der Waals surface area contributed by atoms with E-state index in [0.29, 0.717) is 5.75 Å². The van der Waals surface area contributed by atoms with Crippen LogP contribution in [0.25, 0.3) is 0 Å². The molecule has 0 saturated carbocycles. The fourth-order valence-corrected chi connectivity index (χ4v) is 4.35. The lowest BCUT2D eigenvalue weighted by atomic mass is 9.70. The minimum Gasteiger partial charge on any atom is -0.593 e. The average Bonchev–Trinajstić information content (AvgIpc) is 2.53. The smallest absolute Gasteiger partial charge is 0.261 e. The van der Waals surface area contributed by atoms with E-state index >= 15 is 0 Å². The Morgan fingerprint density at radius 2 is 1.03 bits per heavy atom. The zero-order chi connectivity index (χ0) is 24.2. The van der Waals surface area contributed by atoms with Gasteiger partial charge in [0.05, 0.1) is 11.1 Å². The highest BCUT2D eigenvalue weighted by molar-refractivity contribution is 6.10. The number of Topliss-reactive ketones (excluding diaryl/α,β-unsaturated/α-hetero) is 1. The van der Waals surface area contributed by atoms with Crippen molar-refractivity contribution in [2.75, 3.05) is 0 Å². The topological polar surface area (TPSA) is 40.0 Å². The lowest BCUT2D eigenvalue weighted by Gasteiger charge is -2.33. The first kappa shape index (κ1) is 25.4. The van der Waals surface area contributed by atoms with Gasteiger partial charge in [0.25, 0.3) is 5.75 Å². The van der Waals surface area contributed by atoms with Crippen LogP contribution in [-0.2, 0) is 22.0 Å². The van der Waals surface area contributed by atoms with Gasteiger partial charge in [-0.1, -0.05) is 95.2 Å². The third-order valence-electron chi connectivity index (χ3n) is 6.15. The van der Waals surface area contributed by atoms with Gasteiger partial charge in [0.2, 0.25) is 0 Å². The van der Waals surface area contributed by atoms with Crippen molar-refractivity contribution < 1.29 is 9.90 Å². The van der Waals surface area contributed by atoms with Gasteiger partial charge in [-0.05, 0) is 45.8 Å². The fourth-order valence-electron chi connectivity index (χ4n) is 4.35. The summed E-state index contributed by atoms with van der Waals surface area (Å²) >= 11 is 0. The fraction of sp³-hybridized carbons (Fsp3) is 0.621. The number of benzene rings is 1. The third-order valence-corrected chi connectivity index (χ3v) is 6.15. The Hall–Kier alpha value is -1.83. The standard InChI is InChI=1S/C29H44O2/c1-26(2,3)20-14-18(15-21(24(20)30)27(4,5)6)13-19-16-22(28(7,8)9)25(31)23(17-19)29(10,11)12/h14-18,31H,13H2,1-12H3/p+1. The molecular weight excluding hydrogens is 380 g/mol. The molecule has 2 N–H and O–H groups in total. The molecule has 31 heavy (non-hydrogen) atoms. The van der Waals surface area contributed by atoms with Gasteiger partial charge in [-0.15, -0.1) is 0 Å². The van der Waals surface area contributed by atoms with Crippen molar-refractivity contribution in [1.29, 1.82) is 0 Å². The van der Waals surface area contributed by atoms with Gasteiger partial charge in [0, 0.05) is 17.1 Å². The van der Waals surface area contributed by atoms with Crippen LogP contribution in [0.15, 0.2) is 35.4 Å². The summed E-state index contributed by atoms with van der Waals surface area (Å²) in [5.74, 6) is 1.04. The van der Waals surface area contributed by atoms with E-state index < -0.39 is 0 Å². The molecule has 0 amide bonds. The van der Waals surface area contributed by atoms with E-state index in [-0.39, 0.29) is 33.4 Å². The van der Waals surface area contributed by atoms with Crippen LogP contribution in [0.3, 0.4) is 0 Å². The molecule has 172 valence electrons. The molecule has 1 aliphatic rings. The normalized spacial score (nSPS) is 17.0. The molecule has 0 fully saturated rings. The van der Waals surface area contributed by atoms with Crippen LogP contribution >= 0.6 is 0 Å². The first-order valence-electron chi connectivity index (χ1n) is 11.6. The molecule has 1 aromatic carbocycles. The van der Waals surface area contributed by atoms with Crippen molar-refractivity contribution in [3.8, 4) is 5.75 Å². The number of rotatable bonds is 2. The van der Waals surface area contributed by atoms with E-state index in [2.05, 4.69) is 107 Å². The molecule has 0 unspecified atom stereocenters. The zero-order valence-corrected chi connectivity index (χ0v) is 22.0. The molecule has 0 aliphatic heterocycles. The monoisotopic (exact) mass is 425 g/mol. The third kappa shape index (κ3) is 5.70. The summed E-state index contributed by atoms with van der Waals surface area (Å²) in [4.78, 5) is 13.3. The van der Waals surface area contributed by atoms with Gasteiger partial charge in [-0.2, -0.15) is 0 Å². The van der Waals surface area contributed by atoms with Crippen molar-refractivity contribution in [2.45, 2.75) is 100 Å². The predicted molar refractivity (Wildman–Crippen MR) is 134 cm³/mol. The number of allylic oxidation sites excluding steroid dienone is 4. The first-order valence-corrected chi connectivity index (χ1v) is 11.6. The van der Waals surface area contributed by atoms with Crippen LogP contribution in [0.4, 0.5) is 0 Å². The molecular formula is C29H45O2+. The number of carbonyl (C=O) groups excluding carboxylic acids is 1. The van der Waals surface area contributed by atoms with Crippen LogP contribution in [0.2, 0.25) is 0 Å². The SMILES string of the molecule is CC(C)(C)C1=CC(Cc2cc(C(C)(C)C)c([OH2+])c(C(C)(C)C)c2)C=C(C(C)(C)C)C1=O. The number of carbonyl (C=O) groups is 1. The maximum absolute atomic E-state index is 13.3. The van der Waals surface area contributed by atoms with Crippen molar-refractivity contribution in [3.63, 3.8) is 0 Å². The number of hydrogen-bond acceptors (Lipinski definition) is 1. The second-order valence-corrected chi connectivity index (χ2v) is 13.4. The highest BCUT2D eigenvalue weighted by Gasteiger charge is 2.36. The zero-order valence-electron chi connectivity index (χ0n) is 22.0. The maximum Gasteiger partial charge on any atom is 0.261 e. The average molecular weight is 426 g/mol. The van der Waals surface area contributed by atoms with Crippen LogP contribution in [0, 0.1) is 16.7 Å². The van der Waals surface area contributed by atoms with Crippen molar-refractivity contribution >= 4 is 5.78 Å². The summed E-state index contributed by atoms with van der Waals surface area (Å²) in [5, 5.41) is 8.86. The highest BCUT2D eigenvalue weighted by atomic mass is 16.3. The Bertz CT molecular complexity index is 844. The van der Waals surface area contributed by atoms with Crippen molar-refractivity contribution in [3.05, 3.63) is 52.1 Å². The lowest BCUT2D eigenvalue weighted by molar-refractivity contribution is -0.114. The lowest BCUT2D eigenvalue weighted by Crippen LogP contribution is -2.30. The van der Waals surface area contributed by atoms with Gasteiger partial charge in [0.15, 0.2) is 5.78 Å². The second-order valence-electron chi connectivity index (χ2n) is 13.4. The van der Waals surface area contributed by atoms with Gasteiger partial charge < -0.3 is 5.11 Å². The largest absolute Gasteiger partial charge is 0.593 e. The van der Waals surface area contributed by atoms with Crippen LogP contribution in [0.1, 0.15) is 99.8 Å². The molecule has 0 aromatic heterocycles. The Morgan fingerprint density at radius 3 is 1.32 bits per heavy atom. The molecule has 0 heterocycles. The van der Waals surface area contributed by atoms with Crippen LogP contribution in [-0.4, -0.2) is 10.9 Å². The number of ketones is 1. The van der Waals surface area contributed by atoms with E-state index in [1.165, 1.54) is 5.56 Å². The minimum absolute atomic E-state index is 0.0888. The molecule has 0 bridgehead atoms. The molecule has 0 radical (unpaired) electrons. The van der Waals surface area contributed by atoms with Crippen molar-refractivity contribution in [2.24, 2.45) is 16.7 Å². The summed E-state index contributed by atoms with van der Waals surface area (Å²) in [6.45, 7) is 25.9. The summed E-state index contributed by atoms with van der Waals surface area (Å²) < 4.78 is 0. The first-order chi connectivity index (χ1) is 13.7. The Morgan fingerprint density at radius 1 is 0.677 bits per heavy atom. The molecule has 0 spiro atoms. The minimum atomic E-state index is -0.182.